The van der Waals surface area contributed by atoms with Crippen molar-refractivity contribution in [2.45, 2.75) is 48.5 Å². The van der Waals surface area contributed by atoms with Crippen molar-refractivity contribution in [3.8, 4) is 0 Å². The quantitative estimate of drug-likeness (QED) is 0.717. The third-order valence-electron chi connectivity index (χ3n) is 3.20. The lowest BCUT2D eigenvalue weighted by Crippen LogP contribution is -2.14. The second-order valence-corrected chi connectivity index (χ2v) is 6.75. The van der Waals surface area contributed by atoms with Gasteiger partial charge in [0, 0.05) is 18.2 Å². The zero-order valence-electron chi connectivity index (χ0n) is 12.9. The van der Waals surface area contributed by atoms with E-state index in [9.17, 15) is 0 Å². The minimum atomic E-state index is 0.160. The molecular weight excluding hydrogens is 222 g/mol. The van der Waals surface area contributed by atoms with Crippen molar-refractivity contribution >= 4 is 6.21 Å². The fourth-order valence-electron chi connectivity index (χ4n) is 1.91. The molecule has 1 heterocycles. The molecule has 1 aliphatic heterocycles. The van der Waals surface area contributed by atoms with Crippen molar-refractivity contribution < 1.29 is 4.74 Å². The summed E-state index contributed by atoms with van der Waals surface area (Å²) in [6.07, 6.45) is 4.09. The Balaban J connectivity index is 2.85. The minimum Gasteiger partial charge on any atom is -0.477 e. The SMILES string of the molecule is CC1=C(C)C(C(C)C)C=NC(OCC(C)(C)C)=C1. The fourth-order valence-corrected chi connectivity index (χ4v) is 1.91. The lowest BCUT2D eigenvalue weighted by atomic mass is 9.88. The molecule has 0 aliphatic carbocycles. The number of aliphatic imine (C=N–C) groups is 1. The Morgan fingerprint density at radius 3 is 2.39 bits per heavy atom. The number of allylic oxidation sites excluding steroid dienone is 3. The molecule has 0 saturated carbocycles. The van der Waals surface area contributed by atoms with Crippen LogP contribution in [0.25, 0.3) is 0 Å². The predicted octanol–water partition coefficient (Wildman–Crippen LogP) is 4.58. The first-order valence-corrected chi connectivity index (χ1v) is 6.77. The summed E-state index contributed by atoms with van der Waals surface area (Å²) in [6, 6.07) is 0. The highest BCUT2D eigenvalue weighted by Gasteiger charge is 2.18. The van der Waals surface area contributed by atoms with Gasteiger partial charge < -0.3 is 4.74 Å². The summed E-state index contributed by atoms with van der Waals surface area (Å²) >= 11 is 0. The van der Waals surface area contributed by atoms with Gasteiger partial charge in [0.1, 0.15) is 0 Å². The standard InChI is InChI=1S/C16H27NO/c1-11(2)14-9-17-15(8-12(3)13(14)4)18-10-16(5,6)7/h8-9,11,14H,10H2,1-7H3. The second kappa shape index (κ2) is 5.73. The van der Waals surface area contributed by atoms with E-state index >= 15 is 0 Å². The lowest BCUT2D eigenvalue weighted by Gasteiger charge is -2.18. The van der Waals surface area contributed by atoms with Gasteiger partial charge in [0.05, 0.1) is 6.61 Å². The Kier molecular flexibility index (Phi) is 4.78. The third-order valence-corrected chi connectivity index (χ3v) is 3.20. The molecule has 1 aliphatic rings. The molecule has 0 aromatic carbocycles. The van der Waals surface area contributed by atoms with Crippen molar-refractivity contribution in [3.05, 3.63) is 23.1 Å². The summed E-state index contributed by atoms with van der Waals surface area (Å²) in [7, 11) is 0. The van der Waals surface area contributed by atoms with Crippen molar-refractivity contribution in [2.24, 2.45) is 22.2 Å². The van der Waals surface area contributed by atoms with Crippen LogP contribution in [-0.4, -0.2) is 12.8 Å². The topological polar surface area (TPSA) is 21.6 Å². The first-order chi connectivity index (χ1) is 8.20. The van der Waals surface area contributed by atoms with E-state index in [1.54, 1.807) is 0 Å². The van der Waals surface area contributed by atoms with Crippen LogP contribution >= 0.6 is 0 Å². The maximum atomic E-state index is 5.80. The van der Waals surface area contributed by atoms with Gasteiger partial charge in [-0.05, 0) is 30.8 Å². The molecule has 0 bridgehead atoms. The first-order valence-electron chi connectivity index (χ1n) is 6.77. The molecule has 18 heavy (non-hydrogen) atoms. The van der Waals surface area contributed by atoms with Crippen molar-refractivity contribution in [1.29, 1.82) is 0 Å². The average Bonchev–Trinajstić information content (AvgIpc) is 2.36. The number of ether oxygens (including phenoxy) is 1. The largest absolute Gasteiger partial charge is 0.477 e. The molecule has 0 saturated heterocycles. The molecule has 0 amide bonds. The van der Waals surface area contributed by atoms with Crippen LogP contribution in [-0.2, 0) is 4.74 Å². The number of hydrogen-bond acceptors (Lipinski definition) is 2. The van der Waals surface area contributed by atoms with Gasteiger partial charge in [-0.25, -0.2) is 4.99 Å². The lowest BCUT2D eigenvalue weighted by molar-refractivity contribution is 0.126. The molecule has 102 valence electrons. The third kappa shape index (κ3) is 4.32. The highest BCUT2D eigenvalue weighted by molar-refractivity contribution is 5.68. The van der Waals surface area contributed by atoms with Gasteiger partial charge in [0.25, 0.3) is 0 Å². The molecule has 2 nitrogen and oxygen atoms in total. The molecule has 0 aromatic rings. The summed E-state index contributed by atoms with van der Waals surface area (Å²) in [4.78, 5) is 4.50. The Morgan fingerprint density at radius 1 is 1.28 bits per heavy atom. The molecule has 0 aromatic heterocycles. The summed E-state index contributed by atoms with van der Waals surface area (Å²) in [5, 5.41) is 0. The van der Waals surface area contributed by atoms with Gasteiger partial charge in [0.15, 0.2) is 0 Å². The number of hydrogen-bond donors (Lipinski definition) is 0. The van der Waals surface area contributed by atoms with E-state index in [1.807, 2.05) is 6.21 Å². The summed E-state index contributed by atoms with van der Waals surface area (Å²) in [5.41, 5.74) is 2.82. The van der Waals surface area contributed by atoms with Crippen LogP contribution in [0.3, 0.4) is 0 Å². The van der Waals surface area contributed by atoms with Crippen LogP contribution in [0.15, 0.2) is 28.1 Å². The Labute approximate surface area is 112 Å². The fraction of sp³-hybridized carbons (Fsp3) is 0.688. The summed E-state index contributed by atoms with van der Waals surface area (Å²) in [5.74, 6) is 1.72. The van der Waals surface area contributed by atoms with E-state index in [-0.39, 0.29) is 5.41 Å². The number of nitrogens with zero attached hydrogens (tertiary/aromatic N) is 1. The van der Waals surface area contributed by atoms with Crippen LogP contribution in [0.5, 0.6) is 0 Å². The normalized spacial score (nSPS) is 21.1. The van der Waals surface area contributed by atoms with Gasteiger partial charge in [-0.3, -0.25) is 0 Å². The Hall–Kier alpha value is -1.05. The van der Waals surface area contributed by atoms with E-state index in [1.165, 1.54) is 11.1 Å². The Bertz CT molecular complexity index is 380. The molecule has 0 N–H and O–H groups in total. The van der Waals surface area contributed by atoms with Crippen LogP contribution in [0.1, 0.15) is 48.5 Å². The van der Waals surface area contributed by atoms with Crippen molar-refractivity contribution in [2.75, 3.05) is 6.61 Å². The summed E-state index contributed by atoms with van der Waals surface area (Å²) in [6.45, 7) is 16.0. The monoisotopic (exact) mass is 249 g/mol. The zero-order valence-corrected chi connectivity index (χ0v) is 12.9. The van der Waals surface area contributed by atoms with Crippen LogP contribution < -0.4 is 0 Å². The molecule has 1 rings (SSSR count). The Morgan fingerprint density at radius 2 is 1.89 bits per heavy atom. The summed E-state index contributed by atoms with van der Waals surface area (Å²) < 4.78 is 5.80. The van der Waals surface area contributed by atoms with Crippen molar-refractivity contribution in [1.82, 2.24) is 0 Å². The van der Waals surface area contributed by atoms with Crippen LogP contribution in [0.2, 0.25) is 0 Å². The molecular formula is C16H27NO. The highest BCUT2D eigenvalue weighted by Crippen LogP contribution is 2.26. The predicted molar refractivity (Wildman–Crippen MR) is 78.7 cm³/mol. The van der Waals surface area contributed by atoms with Gasteiger partial charge in [-0.15, -0.1) is 0 Å². The van der Waals surface area contributed by atoms with E-state index in [0.29, 0.717) is 18.4 Å². The maximum Gasteiger partial charge on any atom is 0.213 e. The first kappa shape index (κ1) is 15.0. The minimum absolute atomic E-state index is 0.160. The maximum absolute atomic E-state index is 5.80. The smallest absolute Gasteiger partial charge is 0.213 e. The van der Waals surface area contributed by atoms with Gasteiger partial charge in [-0.1, -0.05) is 40.2 Å². The highest BCUT2D eigenvalue weighted by atomic mass is 16.5. The van der Waals surface area contributed by atoms with E-state index in [4.69, 9.17) is 4.74 Å². The van der Waals surface area contributed by atoms with Gasteiger partial charge >= 0.3 is 0 Å². The van der Waals surface area contributed by atoms with E-state index in [0.717, 1.165) is 5.88 Å². The van der Waals surface area contributed by atoms with Gasteiger partial charge in [0.2, 0.25) is 5.88 Å². The van der Waals surface area contributed by atoms with Crippen LogP contribution in [0, 0.1) is 17.3 Å². The van der Waals surface area contributed by atoms with Crippen LogP contribution in [0.4, 0.5) is 0 Å². The zero-order chi connectivity index (χ0) is 13.9. The molecule has 1 unspecified atom stereocenters. The van der Waals surface area contributed by atoms with E-state index in [2.05, 4.69) is 59.5 Å². The molecule has 0 fully saturated rings. The van der Waals surface area contributed by atoms with Gasteiger partial charge in [-0.2, -0.15) is 0 Å². The number of rotatable bonds is 3. The molecule has 1 atom stereocenters. The van der Waals surface area contributed by atoms with Crippen molar-refractivity contribution in [3.63, 3.8) is 0 Å². The second-order valence-electron chi connectivity index (χ2n) is 6.75. The molecule has 2 heteroatoms. The molecule has 0 spiro atoms. The van der Waals surface area contributed by atoms with E-state index < -0.39 is 0 Å². The average molecular weight is 249 g/mol. The molecule has 0 radical (unpaired) electrons.